The maximum absolute atomic E-state index is 11.1. The van der Waals surface area contributed by atoms with Crippen molar-refractivity contribution in [3.63, 3.8) is 0 Å². The summed E-state index contributed by atoms with van der Waals surface area (Å²) in [5, 5.41) is 8.92. The van der Waals surface area contributed by atoms with E-state index >= 15 is 0 Å². The standard InChI is InChI=1S/C6H8N2O2S/c1-5(9)11(10)6-2-7-4-8-3-6/h2-5,9H,1H3. The summed E-state index contributed by atoms with van der Waals surface area (Å²) in [6, 6.07) is 0. The molecule has 1 aromatic rings. The molecule has 0 aromatic carbocycles. The molecule has 0 radical (unpaired) electrons. The summed E-state index contributed by atoms with van der Waals surface area (Å²) >= 11 is -1.40. The highest BCUT2D eigenvalue weighted by molar-refractivity contribution is 7.91. The van der Waals surface area contributed by atoms with Crippen molar-refractivity contribution in [1.82, 2.24) is 9.97 Å². The van der Waals surface area contributed by atoms with Crippen LogP contribution in [0.3, 0.4) is 0 Å². The molecule has 60 valence electrons. The minimum absolute atomic E-state index is 0.447. The van der Waals surface area contributed by atoms with E-state index in [0.717, 1.165) is 0 Å². The van der Waals surface area contributed by atoms with E-state index < -0.39 is 16.6 Å². The van der Waals surface area contributed by atoms with Crippen molar-refractivity contribution in [2.24, 2.45) is 0 Å². The summed E-state index contributed by atoms with van der Waals surface area (Å²) in [6.07, 6.45) is 4.20. The molecule has 0 aliphatic rings. The number of aliphatic hydroxyl groups is 1. The van der Waals surface area contributed by atoms with Crippen molar-refractivity contribution in [2.75, 3.05) is 0 Å². The van der Waals surface area contributed by atoms with E-state index in [1.54, 1.807) is 0 Å². The Morgan fingerprint density at radius 3 is 2.55 bits per heavy atom. The second kappa shape index (κ2) is 3.66. The molecule has 0 bridgehead atoms. The molecule has 0 amide bonds. The van der Waals surface area contributed by atoms with Crippen LogP contribution in [0.25, 0.3) is 0 Å². The molecule has 1 aromatic heterocycles. The van der Waals surface area contributed by atoms with E-state index in [4.69, 9.17) is 5.11 Å². The quantitative estimate of drug-likeness (QED) is 0.633. The number of hydrogen-bond acceptors (Lipinski definition) is 4. The summed E-state index contributed by atoms with van der Waals surface area (Å²) in [7, 11) is 0. The fourth-order valence-corrected chi connectivity index (χ4v) is 1.31. The van der Waals surface area contributed by atoms with Crippen LogP contribution in [-0.4, -0.2) is 25.1 Å². The molecule has 0 saturated carbocycles. The Balaban J connectivity index is 2.77. The number of aromatic nitrogens is 2. The minimum atomic E-state index is -1.40. The normalized spacial score (nSPS) is 15.9. The van der Waals surface area contributed by atoms with Crippen LogP contribution in [0.1, 0.15) is 6.92 Å². The first-order valence-corrected chi connectivity index (χ1v) is 4.27. The smallest absolute Gasteiger partial charge is 0.215 e. The van der Waals surface area contributed by atoms with Crippen molar-refractivity contribution in [3.8, 4) is 0 Å². The fraction of sp³-hybridized carbons (Fsp3) is 0.333. The lowest BCUT2D eigenvalue weighted by Gasteiger charge is -2.10. The van der Waals surface area contributed by atoms with Gasteiger partial charge in [-0.1, -0.05) is 0 Å². The van der Waals surface area contributed by atoms with Gasteiger partial charge in [-0.15, -0.1) is 0 Å². The van der Waals surface area contributed by atoms with E-state index in [0.29, 0.717) is 4.90 Å². The molecule has 5 heteroatoms. The van der Waals surface area contributed by atoms with Gasteiger partial charge in [0.15, 0.2) is 4.90 Å². The van der Waals surface area contributed by atoms with Crippen LogP contribution in [0.4, 0.5) is 0 Å². The largest absolute Gasteiger partial charge is 0.609 e. The summed E-state index contributed by atoms with van der Waals surface area (Å²) in [4.78, 5) is 7.79. The van der Waals surface area contributed by atoms with Gasteiger partial charge in [0.2, 0.25) is 5.44 Å². The van der Waals surface area contributed by atoms with Crippen LogP contribution < -0.4 is 0 Å². The van der Waals surface area contributed by atoms with Gasteiger partial charge in [-0.25, -0.2) is 9.97 Å². The Bertz CT molecular complexity index is 217. The number of rotatable bonds is 2. The molecular formula is C6H8N2O2S. The zero-order valence-corrected chi connectivity index (χ0v) is 6.78. The van der Waals surface area contributed by atoms with E-state index in [-0.39, 0.29) is 0 Å². The predicted octanol–water partition coefficient (Wildman–Crippen LogP) is -0.0775. The lowest BCUT2D eigenvalue weighted by molar-refractivity contribution is 0.268. The van der Waals surface area contributed by atoms with E-state index in [2.05, 4.69) is 9.97 Å². The van der Waals surface area contributed by atoms with Crippen molar-refractivity contribution >= 4 is 11.2 Å². The van der Waals surface area contributed by atoms with Gasteiger partial charge in [0.25, 0.3) is 0 Å². The zero-order valence-electron chi connectivity index (χ0n) is 5.97. The molecule has 0 spiro atoms. The Labute approximate surface area is 67.5 Å². The molecule has 4 nitrogen and oxygen atoms in total. The molecule has 0 aliphatic heterocycles. The highest BCUT2D eigenvalue weighted by atomic mass is 32.2. The molecule has 0 fully saturated rings. The van der Waals surface area contributed by atoms with Gasteiger partial charge in [-0.2, -0.15) is 0 Å². The van der Waals surface area contributed by atoms with Crippen LogP contribution >= 0.6 is 0 Å². The van der Waals surface area contributed by atoms with Gasteiger partial charge in [0.1, 0.15) is 6.33 Å². The van der Waals surface area contributed by atoms with Crippen molar-refractivity contribution in [3.05, 3.63) is 18.7 Å². The average molecular weight is 172 g/mol. The molecular weight excluding hydrogens is 164 g/mol. The van der Waals surface area contributed by atoms with Gasteiger partial charge in [-0.05, 0) is 0 Å². The topological polar surface area (TPSA) is 69.1 Å². The fourth-order valence-electron chi connectivity index (χ4n) is 0.586. The third kappa shape index (κ3) is 2.14. The summed E-state index contributed by atoms with van der Waals surface area (Å²) in [5.41, 5.74) is -0.874. The zero-order chi connectivity index (χ0) is 8.27. The predicted molar refractivity (Wildman–Crippen MR) is 40.1 cm³/mol. The highest BCUT2D eigenvalue weighted by Gasteiger charge is 2.16. The van der Waals surface area contributed by atoms with Gasteiger partial charge >= 0.3 is 0 Å². The molecule has 2 atom stereocenters. The van der Waals surface area contributed by atoms with Crippen molar-refractivity contribution < 1.29 is 9.66 Å². The van der Waals surface area contributed by atoms with E-state index in [1.165, 1.54) is 25.6 Å². The van der Waals surface area contributed by atoms with Gasteiger partial charge in [0, 0.05) is 18.1 Å². The molecule has 2 unspecified atom stereocenters. The average Bonchev–Trinajstić information content (AvgIpc) is 2.05. The van der Waals surface area contributed by atoms with Crippen LogP contribution in [0, 0.1) is 0 Å². The van der Waals surface area contributed by atoms with Crippen LogP contribution in [0.15, 0.2) is 23.6 Å². The molecule has 0 aliphatic carbocycles. The Hall–Kier alpha value is -0.650. The summed E-state index contributed by atoms with van der Waals surface area (Å²) < 4.78 is 11.1. The Kier molecular flexibility index (Phi) is 2.81. The third-order valence-corrected chi connectivity index (χ3v) is 2.37. The second-order valence-corrected chi connectivity index (χ2v) is 3.72. The molecule has 11 heavy (non-hydrogen) atoms. The number of nitrogens with zero attached hydrogens (tertiary/aromatic N) is 2. The molecule has 0 saturated heterocycles. The summed E-state index contributed by atoms with van der Waals surface area (Å²) in [5.74, 6) is 0. The summed E-state index contributed by atoms with van der Waals surface area (Å²) in [6.45, 7) is 1.46. The first-order valence-electron chi connectivity index (χ1n) is 3.05. The first kappa shape index (κ1) is 8.45. The maximum atomic E-state index is 11.1. The van der Waals surface area contributed by atoms with E-state index in [1.807, 2.05) is 0 Å². The second-order valence-electron chi connectivity index (χ2n) is 1.97. The van der Waals surface area contributed by atoms with Crippen LogP contribution in [-0.2, 0) is 11.2 Å². The number of aliphatic hydroxyl groups excluding tert-OH is 1. The van der Waals surface area contributed by atoms with Crippen molar-refractivity contribution in [2.45, 2.75) is 17.3 Å². The molecule has 1 rings (SSSR count). The van der Waals surface area contributed by atoms with Crippen LogP contribution in [0.5, 0.6) is 0 Å². The SMILES string of the molecule is CC(O)[S+]([O-])c1cncnc1. The minimum Gasteiger partial charge on any atom is -0.609 e. The Morgan fingerprint density at radius 2 is 2.09 bits per heavy atom. The lowest BCUT2D eigenvalue weighted by atomic mass is 10.7. The first-order chi connectivity index (χ1) is 5.22. The highest BCUT2D eigenvalue weighted by Crippen LogP contribution is 2.10. The van der Waals surface area contributed by atoms with Crippen LogP contribution in [0.2, 0.25) is 0 Å². The van der Waals surface area contributed by atoms with Gasteiger partial charge < -0.3 is 9.66 Å². The van der Waals surface area contributed by atoms with Crippen molar-refractivity contribution in [1.29, 1.82) is 0 Å². The Morgan fingerprint density at radius 1 is 1.55 bits per heavy atom. The monoisotopic (exact) mass is 172 g/mol. The molecule has 1 N–H and O–H groups in total. The molecule has 1 heterocycles. The van der Waals surface area contributed by atoms with E-state index in [9.17, 15) is 4.55 Å². The maximum Gasteiger partial charge on any atom is 0.215 e. The third-order valence-electron chi connectivity index (χ3n) is 1.08. The van der Waals surface area contributed by atoms with Gasteiger partial charge in [0.05, 0.1) is 12.4 Å². The lowest BCUT2D eigenvalue weighted by Crippen LogP contribution is -2.17. The number of hydrogen-bond donors (Lipinski definition) is 1. The van der Waals surface area contributed by atoms with Gasteiger partial charge in [-0.3, -0.25) is 0 Å².